The number of nitrogens with zero attached hydrogens (tertiary/aromatic N) is 2. The summed E-state index contributed by atoms with van der Waals surface area (Å²) in [6, 6.07) is 11.2. The summed E-state index contributed by atoms with van der Waals surface area (Å²) in [4.78, 5) is 18.2. The minimum atomic E-state index is -4.75. The van der Waals surface area contributed by atoms with Crippen molar-refractivity contribution in [1.29, 1.82) is 0 Å². The van der Waals surface area contributed by atoms with E-state index in [0.29, 0.717) is 4.88 Å². The molecule has 2 aromatic rings. The van der Waals surface area contributed by atoms with Crippen molar-refractivity contribution in [2.75, 3.05) is 19.0 Å². The fourth-order valence-electron chi connectivity index (χ4n) is 2.38. The van der Waals surface area contributed by atoms with Crippen molar-refractivity contribution in [1.82, 2.24) is 0 Å². The molecule has 1 aromatic carbocycles. The summed E-state index contributed by atoms with van der Waals surface area (Å²) < 4.78 is 38.9. The van der Waals surface area contributed by atoms with E-state index in [2.05, 4.69) is 9.99 Å². The van der Waals surface area contributed by atoms with Crippen molar-refractivity contribution >= 4 is 34.1 Å². The summed E-state index contributed by atoms with van der Waals surface area (Å²) in [6.07, 6.45) is -3.58. The molecule has 0 atom stereocenters. The molecule has 0 saturated heterocycles. The molecule has 0 spiro atoms. The maximum absolute atomic E-state index is 13.0. The van der Waals surface area contributed by atoms with Crippen molar-refractivity contribution in [2.45, 2.75) is 6.18 Å². The standard InChI is InChI=1S/C17H13F3N2O2S/c1-22(2)15-12(10-6-4-3-5-7-10)8-11(25-15)9-13-14(17(18,19)20)21-24-16(13)23/h3-9H,1-2H3/b13-9+. The van der Waals surface area contributed by atoms with Crippen LogP contribution >= 0.6 is 11.3 Å². The molecule has 0 bridgehead atoms. The Morgan fingerprint density at radius 2 is 1.88 bits per heavy atom. The van der Waals surface area contributed by atoms with Crippen molar-refractivity contribution in [3.8, 4) is 11.1 Å². The van der Waals surface area contributed by atoms with Gasteiger partial charge in [-0.1, -0.05) is 35.5 Å². The second kappa shape index (κ2) is 6.36. The maximum atomic E-state index is 13.0. The van der Waals surface area contributed by atoms with Crippen LogP contribution < -0.4 is 4.90 Å². The lowest BCUT2D eigenvalue weighted by Crippen LogP contribution is -2.24. The first-order valence-electron chi connectivity index (χ1n) is 7.22. The quantitative estimate of drug-likeness (QED) is 0.599. The average Bonchev–Trinajstić information content (AvgIpc) is 3.13. The highest BCUT2D eigenvalue weighted by Gasteiger charge is 2.45. The first-order chi connectivity index (χ1) is 11.8. The van der Waals surface area contributed by atoms with Crippen LogP contribution in [0.3, 0.4) is 0 Å². The van der Waals surface area contributed by atoms with Gasteiger partial charge in [-0.3, -0.25) is 0 Å². The average molecular weight is 366 g/mol. The first kappa shape index (κ1) is 17.2. The summed E-state index contributed by atoms with van der Waals surface area (Å²) in [5, 5.41) is 3.73. The molecule has 1 aliphatic rings. The predicted molar refractivity (Wildman–Crippen MR) is 91.6 cm³/mol. The number of halogens is 3. The van der Waals surface area contributed by atoms with E-state index in [4.69, 9.17) is 0 Å². The fourth-order valence-corrected chi connectivity index (χ4v) is 3.43. The highest BCUT2D eigenvalue weighted by molar-refractivity contribution is 7.17. The van der Waals surface area contributed by atoms with E-state index in [-0.39, 0.29) is 0 Å². The molecular weight excluding hydrogens is 353 g/mol. The molecular formula is C17H13F3N2O2S. The third-order valence-corrected chi connectivity index (χ3v) is 4.72. The lowest BCUT2D eigenvalue weighted by Gasteiger charge is -2.12. The minimum absolute atomic E-state index is 0.508. The summed E-state index contributed by atoms with van der Waals surface area (Å²) in [6.45, 7) is 0. The number of hydrogen-bond acceptors (Lipinski definition) is 5. The Bertz CT molecular complexity index is 868. The normalized spacial score (nSPS) is 16.1. The van der Waals surface area contributed by atoms with Crippen molar-refractivity contribution < 1.29 is 22.8 Å². The number of benzene rings is 1. The van der Waals surface area contributed by atoms with Gasteiger partial charge in [-0.2, -0.15) is 13.2 Å². The van der Waals surface area contributed by atoms with Gasteiger partial charge >= 0.3 is 12.1 Å². The van der Waals surface area contributed by atoms with Crippen molar-refractivity contribution in [3.63, 3.8) is 0 Å². The van der Waals surface area contributed by atoms with E-state index in [0.717, 1.165) is 16.1 Å². The van der Waals surface area contributed by atoms with Gasteiger partial charge in [0.1, 0.15) is 0 Å². The van der Waals surface area contributed by atoms with Gasteiger partial charge in [0.15, 0.2) is 5.71 Å². The van der Waals surface area contributed by atoms with Crippen molar-refractivity contribution in [2.24, 2.45) is 5.16 Å². The lowest BCUT2D eigenvalue weighted by atomic mass is 10.1. The van der Waals surface area contributed by atoms with Crippen LogP contribution in [0.2, 0.25) is 0 Å². The van der Waals surface area contributed by atoms with Gasteiger partial charge in [0.2, 0.25) is 0 Å². The third-order valence-electron chi connectivity index (χ3n) is 3.47. The van der Waals surface area contributed by atoms with Gasteiger partial charge in [0.05, 0.1) is 10.6 Å². The van der Waals surface area contributed by atoms with E-state index in [1.807, 2.05) is 49.3 Å². The second-order valence-electron chi connectivity index (χ2n) is 5.50. The second-order valence-corrected chi connectivity index (χ2v) is 6.56. The Morgan fingerprint density at radius 3 is 2.48 bits per heavy atom. The number of oxime groups is 1. The molecule has 1 aliphatic heterocycles. The molecule has 0 unspecified atom stereocenters. The number of anilines is 1. The number of carbonyl (C=O) groups excluding carboxylic acids is 1. The minimum Gasteiger partial charge on any atom is -0.369 e. The number of thiophene rings is 1. The monoisotopic (exact) mass is 366 g/mol. The zero-order valence-corrected chi connectivity index (χ0v) is 14.1. The Labute approximate surface area is 145 Å². The first-order valence-corrected chi connectivity index (χ1v) is 8.04. The number of alkyl halides is 3. The molecule has 3 rings (SSSR count). The van der Waals surface area contributed by atoms with Gasteiger partial charge < -0.3 is 9.74 Å². The summed E-state index contributed by atoms with van der Waals surface area (Å²) in [5.74, 6) is -1.10. The van der Waals surface area contributed by atoms with E-state index in [9.17, 15) is 18.0 Å². The number of hydrogen-bond donors (Lipinski definition) is 0. The molecule has 8 heteroatoms. The smallest absolute Gasteiger partial charge is 0.369 e. The van der Waals surface area contributed by atoms with Gasteiger partial charge in [-0.05, 0) is 17.7 Å². The maximum Gasteiger partial charge on any atom is 0.437 e. The Morgan fingerprint density at radius 1 is 1.20 bits per heavy atom. The molecule has 0 saturated carbocycles. The largest absolute Gasteiger partial charge is 0.437 e. The molecule has 0 radical (unpaired) electrons. The van der Waals surface area contributed by atoms with Crippen LogP contribution in [0.15, 0.2) is 47.1 Å². The van der Waals surface area contributed by atoms with Gasteiger partial charge in [0.25, 0.3) is 0 Å². The fraction of sp³-hybridized carbons (Fsp3) is 0.176. The van der Waals surface area contributed by atoms with E-state index < -0.39 is 23.4 Å². The van der Waals surface area contributed by atoms with E-state index in [1.165, 1.54) is 17.4 Å². The Hall–Kier alpha value is -2.61. The highest BCUT2D eigenvalue weighted by atomic mass is 32.1. The molecule has 0 amide bonds. The molecule has 4 nitrogen and oxygen atoms in total. The van der Waals surface area contributed by atoms with Crippen LogP contribution in [-0.2, 0) is 9.63 Å². The van der Waals surface area contributed by atoms with Gasteiger partial charge in [0, 0.05) is 24.5 Å². The topological polar surface area (TPSA) is 41.9 Å². The molecule has 1 aromatic heterocycles. The molecule has 0 fully saturated rings. The van der Waals surface area contributed by atoms with Crippen LogP contribution in [-0.4, -0.2) is 32.0 Å². The number of rotatable bonds is 3. The molecule has 0 aliphatic carbocycles. The van der Waals surface area contributed by atoms with E-state index >= 15 is 0 Å². The number of carbonyl (C=O) groups is 1. The summed E-state index contributed by atoms with van der Waals surface area (Å²) >= 11 is 1.28. The SMILES string of the molecule is CN(C)c1sc(/C=C2/C(=O)ON=C2C(F)(F)F)cc1-c1ccccc1. The van der Waals surface area contributed by atoms with Crippen LogP contribution in [0.5, 0.6) is 0 Å². The summed E-state index contributed by atoms with van der Waals surface area (Å²) in [7, 11) is 3.70. The van der Waals surface area contributed by atoms with Crippen LogP contribution in [0, 0.1) is 0 Å². The van der Waals surface area contributed by atoms with E-state index in [1.54, 1.807) is 6.07 Å². The summed E-state index contributed by atoms with van der Waals surface area (Å²) in [5.41, 5.74) is -0.0812. The third kappa shape index (κ3) is 3.43. The predicted octanol–water partition coefficient (Wildman–Crippen LogP) is 4.34. The molecule has 0 N–H and O–H groups in total. The lowest BCUT2D eigenvalue weighted by molar-refractivity contribution is -0.136. The zero-order valence-electron chi connectivity index (χ0n) is 13.3. The molecule has 2 heterocycles. The molecule has 130 valence electrons. The van der Waals surface area contributed by atoms with Crippen molar-refractivity contribution in [3.05, 3.63) is 46.8 Å². The van der Waals surface area contributed by atoms with Gasteiger partial charge in [-0.25, -0.2) is 4.79 Å². The zero-order chi connectivity index (χ0) is 18.2. The Balaban J connectivity index is 2.07. The highest BCUT2D eigenvalue weighted by Crippen LogP contribution is 2.39. The van der Waals surface area contributed by atoms with Gasteiger partial charge in [-0.15, -0.1) is 11.3 Å². The molecule has 25 heavy (non-hydrogen) atoms. The van der Waals surface area contributed by atoms with Crippen LogP contribution in [0.4, 0.5) is 18.2 Å². The van der Waals surface area contributed by atoms with Crippen LogP contribution in [0.25, 0.3) is 17.2 Å². The Kier molecular flexibility index (Phi) is 4.38. The van der Waals surface area contributed by atoms with Crippen LogP contribution in [0.1, 0.15) is 4.88 Å².